The van der Waals surface area contributed by atoms with Gasteiger partial charge in [-0.1, -0.05) is 33.9 Å². The minimum Gasteiger partial charge on any atom is -0.276 e. The minimum absolute atomic E-state index is 0.173. The fourth-order valence-electron chi connectivity index (χ4n) is 2.72. The Labute approximate surface area is 145 Å². The molecule has 25 heavy (non-hydrogen) atoms. The molecule has 4 nitrogen and oxygen atoms in total. The monoisotopic (exact) mass is 364 g/mol. The third-order valence-corrected chi connectivity index (χ3v) is 10.6. The fourth-order valence-corrected chi connectivity index (χ4v) is 4.78. The van der Waals surface area contributed by atoms with Crippen LogP contribution in [0.2, 0.25) is 18.1 Å². The van der Waals surface area contributed by atoms with Crippen LogP contribution in [0.3, 0.4) is 0 Å². The maximum Gasteiger partial charge on any atom is 0.249 e. The Bertz CT molecular complexity index is 888. The van der Waals surface area contributed by atoms with Gasteiger partial charge in [-0.15, -0.1) is 0 Å². The Morgan fingerprint density at radius 1 is 1.08 bits per heavy atom. The zero-order valence-corrected chi connectivity index (χ0v) is 15.8. The van der Waals surface area contributed by atoms with Gasteiger partial charge in [0.05, 0.1) is 26.0 Å². The van der Waals surface area contributed by atoms with Crippen molar-refractivity contribution in [2.75, 3.05) is 0 Å². The number of nitrogens with zero attached hydrogens (tertiary/aromatic N) is 4. The molecule has 0 amide bonds. The third kappa shape index (κ3) is 2.68. The number of pyridine rings is 1. The van der Waals surface area contributed by atoms with Gasteiger partial charge in [0, 0.05) is 16.9 Å². The minimum atomic E-state index is -2.69. The average molecular weight is 364 g/mol. The van der Waals surface area contributed by atoms with Gasteiger partial charge in [-0.3, -0.25) is 4.99 Å². The summed E-state index contributed by atoms with van der Waals surface area (Å²) in [5.41, 5.74) is 1.02. The number of rotatable bonds is 2. The summed E-state index contributed by atoms with van der Waals surface area (Å²) in [4.78, 5) is 15.7. The summed E-state index contributed by atoms with van der Waals surface area (Å²) in [6.07, 6.45) is 2.86. The maximum atomic E-state index is 15.3. The van der Waals surface area contributed by atoms with Crippen molar-refractivity contribution in [3.05, 3.63) is 47.1 Å². The van der Waals surface area contributed by atoms with E-state index in [0.29, 0.717) is 11.3 Å². The van der Waals surface area contributed by atoms with E-state index in [0.717, 1.165) is 0 Å². The lowest BCUT2D eigenvalue weighted by Crippen LogP contribution is -2.53. The van der Waals surface area contributed by atoms with E-state index in [9.17, 15) is 8.78 Å². The smallest absolute Gasteiger partial charge is 0.249 e. The fraction of sp³-hybridized carbons (Fsp3) is 0.412. The second-order valence-electron chi connectivity index (χ2n) is 7.68. The molecule has 0 radical (unpaired) electrons. The van der Waals surface area contributed by atoms with Crippen molar-refractivity contribution in [3.8, 4) is 0 Å². The van der Waals surface area contributed by atoms with Crippen molar-refractivity contribution in [1.82, 2.24) is 15.0 Å². The highest BCUT2D eigenvalue weighted by Crippen LogP contribution is 2.37. The standard InChI is InChI=1S/C17H19F3N4Si/c1-17(2,3)25(4,5)15-11(18)14(24-16(20)12(15)19)13-9-6-21-8-23-10(9)7-22-13/h6,8H,7H2,1-5H3. The highest BCUT2D eigenvalue weighted by molar-refractivity contribution is 6.92. The van der Waals surface area contributed by atoms with Gasteiger partial charge in [-0.25, -0.2) is 23.7 Å². The SMILES string of the molecule is CC(C)(C)[Si](C)(C)c1c(F)c(F)nc(C2=NCc3ncncc32)c1F. The molecule has 0 fully saturated rings. The van der Waals surface area contributed by atoms with Crippen molar-refractivity contribution in [1.29, 1.82) is 0 Å². The molecule has 2 aromatic rings. The number of aliphatic imine (C=N–C) groups is 1. The first kappa shape index (κ1) is 17.7. The number of hydrogen-bond acceptors (Lipinski definition) is 4. The molecule has 0 saturated heterocycles. The average Bonchev–Trinajstić information content (AvgIpc) is 2.93. The predicted octanol–water partition coefficient (Wildman–Crippen LogP) is 3.36. The van der Waals surface area contributed by atoms with E-state index in [2.05, 4.69) is 19.9 Å². The van der Waals surface area contributed by atoms with E-state index in [4.69, 9.17) is 0 Å². The van der Waals surface area contributed by atoms with E-state index in [1.54, 1.807) is 0 Å². The maximum absolute atomic E-state index is 15.3. The molecule has 3 heterocycles. The molecule has 0 bridgehead atoms. The topological polar surface area (TPSA) is 51.0 Å². The van der Waals surface area contributed by atoms with Crippen LogP contribution < -0.4 is 5.19 Å². The van der Waals surface area contributed by atoms with E-state index in [-0.39, 0.29) is 28.2 Å². The van der Waals surface area contributed by atoms with Crippen LogP contribution in [0, 0.1) is 17.6 Å². The molecule has 1 aliphatic heterocycles. The van der Waals surface area contributed by atoms with Crippen molar-refractivity contribution in [2.24, 2.45) is 4.99 Å². The summed E-state index contributed by atoms with van der Waals surface area (Å²) in [7, 11) is -2.69. The lowest BCUT2D eigenvalue weighted by molar-refractivity contribution is 0.469. The molecular formula is C17H19F3N4Si. The third-order valence-electron chi connectivity index (χ3n) is 5.20. The van der Waals surface area contributed by atoms with Crippen molar-refractivity contribution in [2.45, 2.75) is 45.4 Å². The Balaban J connectivity index is 2.26. The highest BCUT2D eigenvalue weighted by atomic mass is 28.3. The van der Waals surface area contributed by atoms with E-state index >= 15 is 4.39 Å². The van der Waals surface area contributed by atoms with Crippen LogP contribution in [0.15, 0.2) is 17.5 Å². The largest absolute Gasteiger partial charge is 0.276 e. The van der Waals surface area contributed by atoms with Gasteiger partial charge in [-0.05, 0) is 5.04 Å². The van der Waals surface area contributed by atoms with Crippen molar-refractivity contribution in [3.63, 3.8) is 0 Å². The van der Waals surface area contributed by atoms with Crippen LogP contribution in [-0.4, -0.2) is 28.7 Å². The number of hydrogen-bond donors (Lipinski definition) is 0. The molecule has 0 N–H and O–H groups in total. The van der Waals surface area contributed by atoms with Crippen LogP contribution in [0.4, 0.5) is 13.2 Å². The quantitative estimate of drug-likeness (QED) is 0.606. The molecule has 132 valence electrons. The van der Waals surface area contributed by atoms with Gasteiger partial charge >= 0.3 is 0 Å². The summed E-state index contributed by atoms with van der Waals surface area (Å²) in [6, 6.07) is 0. The Morgan fingerprint density at radius 3 is 2.40 bits per heavy atom. The van der Waals surface area contributed by atoms with Gasteiger partial charge < -0.3 is 0 Å². The second kappa shape index (κ2) is 5.72. The second-order valence-corrected chi connectivity index (χ2v) is 12.9. The molecule has 0 atom stereocenters. The van der Waals surface area contributed by atoms with Crippen LogP contribution >= 0.6 is 0 Å². The zero-order chi connectivity index (χ0) is 18.6. The van der Waals surface area contributed by atoms with Crippen molar-refractivity contribution < 1.29 is 13.2 Å². The first-order chi connectivity index (χ1) is 11.6. The summed E-state index contributed by atoms with van der Waals surface area (Å²) < 4.78 is 44.1. The Morgan fingerprint density at radius 2 is 1.76 bits per heavy atom. The molecule has 3 rings (SSSR count). The Hall–Kier alpha value is -2.09. The van der Waals surface area contributed by atoms with E-state index in [1.165, 1.54) is 12.5 Å². The summed E-state index contributed by atoms with van der Waals surface area (Å²) in [6.45, 7) is 9.62. The lowest BCUT2D eigenvalue weighted by atomic mass is 10.1. The van der Waals surface area contributed by atoms with Gasteiger partial charge in [0.15, 0.2) is 11.6 Å². The molecule has 2 aromatic heterocycles. The predicted molar refractivity (Wildman–Crippen MR) is 92.3 cm³/mol. The number of aromatic nitrogens is 3. The molecule has 0 aliphatic carbocycles. The van der Waals surface area contributed by atoms with Crippen LogP contribution in [0.5, 0.6) is 0 Å². The molecule has 0 unspecified atom stereocenters. The normalized spacial score (nSPS) is 14.5. The molecule has 8 heteroatoms. The van der Waals surface area contributed by atoms with Gasteiger partial charge in [0.2, 0.25) is 5.95 Å². The molecule has 0 aromatic carbocycles. The van der Waals surface area contributed by atoms with E-state index < -0.39 is 25.7 Å². The van der Waals surface area contributed by atoms with E-state index in [1.807, 2.05) is 33.9 Å². The Kier molecular flexibility index (Phi) is 4.06. The molecule has 1 aliphatic rings. The van der Waals surface area contributed by atoms with Gasteiger partial charge in [0.25, 0.3) is 0 Å². The number of fused-ring (bicyclic) bond motifs is 1. The van der Waals surface area contributed by atoms with Crippen LogP contribution in [0.1, 0.15) is 37.7 Å². The summed E-state index contributed by atoms with van der Waals surface area (Å²) in [5.74, 6) is -3.33. The van der Waals surface area contributed by atoms with Crippen LogP contribution in [-0.2, 0) is 6.54 Å². The zero-order valence-electron chi connectivity index (χ0n) is 14.8. The molecular weight excluding hydrogens is 345 g/mol. The number of halogens is 3. The van der Waals surface area contributed by atoms with Crippen LogP contribution in [0.25, 0.3) is 0 Å². The lowest BCUT2D eigenvalue weighted by Gasteiger charge is -2.37. The highest BCUT2D eigenvalue weighted by Gasteiger charge is 2.43. The van der Waals surface area contributed by atoms with Crippen molar-refractivity contribution >= 4 is 19.0 Å². The first-order valence-corrected chi connectivity index (χ1v) is 10.9. The molecule has 0 saturated carbocycles. The molecule has 0 spiro atoms. The summed E-state index contributed by atoms with van der Waals surface area (Å²) >= 11 is 0. The van der Waals surface area contributed by atoms with Gasteiger partial charge in [0.1, 0.15) is 12.0 Å². The summed E-state index contributed by atoms with van der Waals surface area (Å²) in [5, 5.41) is -0.561. The van der Waals surface area contributed by atoms with Gasteiger partial charge in [-0.2, -0.15) is 4.39 Å². The first-order valence-electron chi connectivity index (χ1n) is 7.94.